The zero-order valence-electron chi connectivity index (χ0n) is 22.5. The van der Waals surface area contributed by atoms with Crippen LogP contribution in [0.5, 0.6) is 0 Å². The molecule has 0 spiro atoms. The highest BCUT2D eigenvalue weighted by molar-refractivity contribution is 6.03. The van der Waals surface area contributed by atoms with E-state index in [4.69, 9.17) is 9.47 Å². The predicted molar refractivity (Wildman–Crippen MR) is 147 cm³/mol. The number of nitrogens with zero attached hydrogens (tertiary/aromatic N) is 3. The van der Waals surface area contributed by atoms with Crippen LogP contribution < -0.4 is 0 Å². The van der Waals surface area contributed by atoms with Crippen molar-refractivity contribution >= 4 is 21.8 Å². The van der Waals surface area contributed by atoms with Crippen LogP contribution in [0.4, 0.5) is 0 Å². The Kier molecular flexibility index (Phi) is 8.94. The molecule has 0 radical (unpaired) electrons. The number of benzene rings is 1. The second-order valence-electron chi connectivity index (χ2n) is 11.5. The fourth-order valence-electron chi connectivity index (χ4n) is 5.67. The van der Waals surface area contributed by atoms with E-state index in [0.29, 0.717) is 6.61 Å². The van der Waals surface area contributed by atoms with Crippen LogP contribution in [0.3, 0.4) is 0 Å². The molecule has 3 aromatic rings. The minimum Gasteiger partial charge on any atom is -0.784 e. The van der Waals surface area contributed by atoms with Crippen molar-refractivity contribution in [2.75, 3.05) is 13.2 Å². The molecule has 0 aliphatic carbocycles. The van der Waals surface area contributed by atoms with Gasteiger partial charge in [-0.25, -0.2) is 0 Å². The van der Waals surface area contributed by atoms with Crippen molar-refractivity contribution < 1.29 is 9.47 Å². The fraction of sp³-hybridized carbons (Fsp3) is 0.600. The first-order valence-corrected chi connectivity index (χ1v) is 13.6. The van der Waals surface area contributed by atoms with Gasteiger partial charge in [0.05, 0.1) is 23.7 Å². The molecule has 0 unspecified atom stereocenters. The topological polar surface area (TPSA) is 70.5 Å². The van der Waals surface area contributed by atoms with Crippen LogP contribution in [-0.2, 0) is 16.1 Å². The van der Waals surface area contributed by atoms with Crippen molar-refractivity contribution in [3.05, 3.63) is 53.5 Å². The molecule has 1 saturated heterocycles. The summed E-state index contributed by atoms with van der Waals surface area (Å²) in [5.74, 6) is 0. The van der Waals surface area contributed by atoms with E-state index in [1.54, 1.807) is 0 Å². The minimum absolute atomic E-state index is 0.185. The predicted octanol–water partition coefficient (Wildman–Crippen LogP) is 7.18. The van der Waals surface area contributed by atoms with E-state index >= 15 is 0 Å². The molecule has 1 aromatic carbocycles. The lowest BCUT2D eigenvalue weighted by Gasteiger charge is -2.59. The SMILES string of the molecule is CC1(C)CC(OCCCCCCCCOCc2ccnc3c2ccc2cccnc23)CC(C)(C)N1[O-]. The number of pyridine rings is 2. The fourth-order valence-corrected chi connectivity index (χ4v) is 5.67. The number of hydrogen-bond donors (Lipinski definition) is 0. The van der Waals surface area contributed by atoms with Gasteiger partial charge in [-0.3, -0.25) is 9.97 Å². The maximum atomic E-state index is 12.5. The summed E-state index contributed by atoms with van der Waals surface area (Å²) in [7, 11) is 0. The Bertz CT molecular complexity index is 1110. The molecule has 2 aromatic heterocycles. The van der Waals surface area contributed by atoms with Gasteiger partial charge in [-0.15, -0.1) is 0 Å². The molecular weight excluding hydrogens is 450 g/mol. The van der Waals surface area contributed by atoms with Gasteiger partial charge in [0.15, 0.2) is 0 Å². The van der Waals surface area contributed by atoms with Crippen LogP contribution >= 0.6 is 0 Å². The Balaban J connectivity index is 1.07. The van der Waals surface area contributed by atoms with Crippen molar-refractivity contribution in [3.63, 3.8) is 0 Å². The Hall–Kier alpha value is -2.12. The van der Waals surface area contributed by atoms with Gasteiger partial charge in [-0.05, 0) is 71.1 Å². The summed E-state index contributed by atoms with van der Waals surface area (Å²) in [6.07, 6.45) is 12.5. The van der Waals surface area contributed by atoms with Crippen molar-refractivity contribution in [2.45, 2.75) is 103 Å². The molecule has 6 heteroatoms. The Labute approximate surface area is 216 Å². The van der Waals surface area contributed by atoms with Crippen molar-refractivity contribution in [1.82, 2.24) is 15.0 Å². The highest BCUT2D eigenvalue weighted by atomic mass is 16.5. The zero-order chi connectivity index (χ0) is 25.6. The van der Waals surface area contributed by atoms with Crippen molar-refractivity contribution in [1.29, 1.82) is 0 Å². The van der Waals surface area contributed by atoms with Gasteiger partial charge in [-0.2, -0.15) is 0 Å². The molecule has 196 valence electrons. The van der Waals surface area contributed by atoms with E-state index in [9.17, 15) is 5.21 Å². The van der Waals surface area contributed by atoms with Crippen LogP contribution in [0.1, 0.15) is 84.6 Å². The third-order valence-corrected chi connectivity index (χ3v) is 7.42. The number of aromatic nitrogens is 2. The molecule has 1 aliphatic rings. The average Bonchev–Trinajstić information content (AvgIpc) is 2.85. The van der Waals surface area contributed by atoms with E-state index in [1.807, 2.05) is 52.2 Å². The number of rotatable bonds is 12. The molecule has 0 amide bonds. The molecule has 3 heterocycles. The van der Waals surface area contributed by atoms with E-state index in [-0.39, 0.29) is 17.2 Å². The van der Waals surface area contributed by atoms with Crippen LogP contribution in [0.15, 0.2) is 42.7 Å². The van der Waals surface area contributed by atoms with Crippen LogP contribution in [0.25, 0.3) is 21.8 Å². The van der Waals surface area contributed by atoms with Gasteiger partial charge < -0.3 is 19.7 Å². The largest absolute Gasteiger partial charge is 0.784 e. The van der Waals surface area contributed by atoms with Crippen LogP contribution in [-0.4, -0.2) is 45.4 Å². The Morgan fingerprint density at radius 2 is 1.50 bits per heavy atom. The van der Waals surface area contributed by atoms with E-state index in [1.165, 1.54) is 36.3 Å². The highest BCUT2D eigenvalue weighted by Crippen LogP contribution is 2.38. The lowest BCUT2D eigenvalue weighted by Crippen LogP contribution is -2.59. The zero-order valence-corrected chi connectivity index (χ0v) is 22.5. The summed E-state index contributed by atoms with van der Waals surface area (Å²) in [6, 6.07) is 10.3. The van der Waals surface area contributed by atoms with Gasteiger partial charge in [0.25, 0.3) is 0 Å². The molecule has 4 rings (SSSR count). The third-order valence-electron chi connectivity index (χ3n) is 7.42. The van der Waals surface area contributed by atoms with Gasteiger partial charge in [-0.1, -0.05) is 43.9 Å². The van der Waals surface area contributed by atoms with Crippen molar-refractivity contribution in [2.24, 2.45) is 0 Å². The first kappa shape index (κ1) is 26.9. The minimum atomic E-state index is -0.357. The molecule has 0 N–H and O–H groups in total. The van der Waals surface area contributed by atoms with Gasteiger partial charge >= 0.3 is 0 Å². The second-order valence-corrected chi connectivity index (χ2v) is 11.5. The molecule has 36 heavy (non-hydrogen) atoms. The molecule has 6 nitrogen and oxygen atoms in total. The summed E-state index contributed by atoms with van der Waals surface area (Å²) < 4.78 is 12.2. The summed E-state index contributed by atoms with van der Waals surface area (Å²) in [5, 5.41) is 16.0. The first-order chi connectivity index (χ1) is 17.3. The Morgan fingerprint density at radius 3 is 2.25 bits per heavy atom. The molecule has 1 aliphatic heterocycles. The highest BCUT2D eigenvalue weighted by Gasteiger charge is 2.40. The normalized spacial score (nSPS) is 18.2. The van der Waals surface area contributed by atoms with E-state index < -0.39 is 0 Å². The molecular formula is C30H42N3O3-. The lowest BCUT2D eigenvalue weighted by atomic mass is 9.80. The Morgan fingerprint density at radius 1 is 0.833 bits per heavy atom. The summed E-state index contributed by atoms with van der Waals surface area (Å²) in [5.41, 5.74) is 2.35. The number of fused-ring (bicyclic) bond motifs is 3. The summed E-state index contributed by atoms with van der Waals surface area (Å²) in [4.78, 5) is 9.09. The van der Waals surface area contributed by atoms with Gasteiger partial charge in [0.1, 0.15) is 0 Å². The number of hydrogen-bond acceptors (Lipinski definition) is 6. The standard InChI is InChI=1S/C30H42N3O3/c1-29(2)20-25(21-30(3,4)33(29)34)36-19-10-8-6-5-7-9-18-35-22-24-15-17-32-28-26(24)14-13-23-12-11-16-31-27(23)28/h11-17,25H,5-10,18-22H2,1-4H3/q-1. The molecule has 0 saturated carbocycles. The van der Waals surface area contributed by atoms with E-state index in [2.05, 4.69) is 28.2 Å². The van der Waals surface area contributed by atoms with Crippen LogP contribution in [0.2, 0.25) is 0 Å². The summed E-state index contributed by atoms with van der Waals surface area (Å²) >= 11 is 0. The molecule has 0 bridgehead atoms. The van der Waals surface area contributed by atoms with E-state index in [0.717, 1.165) is 60.7 Å². The quantitative estimate of drug-likeness (QED) is 0.197. The van der Waals surface area contributed by atoms with Gasteiger partial charge in [0.2, 0.25) is 0 Å². The molecule has 0 atom stereocenters. The third kappa shape index (κ3) is 6.60. The molecule has 1 fully saturated rings. The monoisotopic (exact) mass is 492 g/mol. The van der Waals surface area contributed by atoms with Crippen LogP contribution in [0, 0.1) is 5.21 Å². The average molecular weight is 493 g/mol. The second kappa shape index (κ2) is 12.0. The smallest absolute Gasteiger partial charge is 0.0968 e. The number of ether oxygens (including phenoxy) is 2. The van der Waals surface area contributed by atoms with Gasteiger partial charge in [0, 0.05) is 47.5 Å². The number of piperidine rings is 1. The van der Waals surface area contributed by atoms with Crippen molar-refractivity contribution in [3.8, 4) is 0 Å². The number of hydroxylamine groups is 2. The summed E-state index contributed by atoms with van der Waals surface area (Å²) in [6.45, 7) is 10.3. The lowest BCUT2D eigenvalue weighted by molar-refractivity contribution is -0.0813. The maximum absolute atomic E-state index is 12.5. The maximum Gasteiger partial charge on any atom is 0.0968 e. The number of unbranched alkanes of at least 4 members (excludes halogenated alkanes) is 5. The first-order valence-electron chi connectivity index (χ1n) is 13.6.